The first-order valence-electron chi connectivity index (χ1n) is 8.09. The Bertz CT molecular complexity index is 739. The van der Waals surface area contributed by atoms with Crippen molar-refractivity contribution in [2.45, 2.75) is 19.8 Å². The molecule has 0 spiro atoms. The molecule has 24 heavy (non-hydrogen) atoms. The number of nitrogens with zero attached hydrogens (tertiary/aromatic N) is 3. The van der Waals surface area contributed by atoms with Gasteiger partial charge in [0.05, 0.1) is 36.2 Å². The second-order valence-corrected chi connectivity index (χ2v) is 6.00. The number of ether oxygens (including phenoxy) is 1. The maximum atomic E-state index is 12.8. The zero-order valence-electron chi connectivity index (χ0n) is 13.9. The van der Waals surface area contributed by atoms with Gasteiger partial charge in [0.25, 0.3) is 5.91 Å². The van der Waals surface area contributed by atoms with Crippen molar-refractivity contribution in [3.8, 4) is 5.69 Å². The Morgan fingerprint density at radius 1 is 1.25 bits per heavy atom. The van der Waals surface area contributed by atoms with Crippen LogP contribution in [0.15, 0.2) is 36.5 Å². The van der Waals surface area contributed by atoms with E-state index in [0.29, 0.717) is 18.7 Å². The predicted molar refractivity (Wildman–Crippen MR) is 88.9 cm³/mol. The third-order valence-electron chi connectivity index (χ3n) is 4.48. The lowest BCUT2D eigenvalue weighted by atomic mass is 9.97. The molecule has 1 unspecified atom stereocenters. The van der Waals surface area contributed by atoms with Crippen molar-refractivity contribution in [1.29, 1.82) is 0 Å². The average molecular weight is 327 g/mol. The number of carbonyl (C=O) groups excluding carboxylic acids is 2. The van der Waals surface area contributed by atoms with Gasteiger partial charge in [-0.15, -0.1) is 0 Å². The molecule has 0 bridgehead atoms. The molecule has 6 nitrogen and oxygen atoms in total. The standard InChI is InChI=1S/C18H21N3O3/c1-13-16(11-19-21(13)15-8-4-3-5-9-15)17(22)20-10-6-7-14(12-20)18(23)24-2/h3-5,8-9,11,14H,6-7,10,12H2,1-2H3. The highest BCUT2D eigenvalue weighted by Crippen LogP contribution is 2.22. The first-order valence-corrected chi connectivity index (χ1v) is 8.09. The quantitative estimate of drug-likeness (QED) is 0.811. The Kier molecular flexibility index (Phi) is 4.64. The molecule has 126 valence electrons. The fourth-order valence-electron chi connectivity index (χ4n) is 3.14. The van der Waals surface area contributed by atoms with E-state index in [4.69, 9.17) is 4.74 Å². The van der Waals surface area contributed by atoms with Crippen LogP contribution in [0.3, 0.4) is 0 Å². The molecule has 0 N–H and O–H groups in total. The molecule has 1 aliphatic rings. The molecule has 1 aromatic carbocycles. The van der Waals surface area contributed by atoms with Gasteiger partial charge >= 0.3 is 5.97 Å². The molecule has 3 rings (SSSR count). The van der Waals surface area contributed by atoms with Crippen LogP contribution in [-0.2, 0) is 9.53 Å². The maximum Gasteiger partial charge on any atom is 0.310 e. The van der Waals surface area contributed by atoms with Crippen molar-refractivity contribution in [3.63, 3.8) is 0 Å². The van der Waals surface area contributed by atoms with Crippen LogP contribution in [0.5, 0.6) is 0 Å². The second-order valence-electron chi connectivity index (χ2n) is 6.00. The fraction of sp³-hybridized carbons (Fsp3) is 0.389. The molecular weight excluding hydrogens is 306 g/mol. The largest absolute Gasteiger partial charge is 0.469 e. The van der Waals surface area contributed by atoms with E-state index < -0.39 is 0 Å². The molecule has 0 radical (unpaired) electrons. The van der Waals surface area contributed by atoms with Crippen LogP contribution in [0, 0.1) is 12.8 Å². The van der Waals surface area contributed by atoms with Crippen molar-refractivity contribution in [2.24, 2.45) is 5.92 Å². The van der Waals surface area contributed by atoms with Gasteiger partial charge in [-0.3, -0.25) is 9.59 Å². The third kappa shape index (κ3) is 3.04. The van der Waals surface area contributed by atoms with E-state index in [1.54, 1.807) is 15.8 Å². The van der Waals surface area contributed by atoms with Crippen molar-refractivity contribution in [1.82, 2.24) is 14.7 Å². The van der Waals surface area contributed by atoms with Crippen LogP contribution in [-0.4, -0.2) is 46.8 Å². The van der Waals surface area contributed by atoms with Gasteiger partial charge in [-0.2, -0.15) is 5.10 Å². The number of amides is 1. The Balaban J connectivity index is 1.81. The Hall–Kier alpha value is -2.63. The monoisotopic (exact) mass is 327 g/mol. The molecule has 1 amide bonds. The molecule has 1 aromatic heterocycles. The number of hydrogen-bond donors (Lipinski definition) is 0. The molecule has 2 aromatic rings. The molecule has 1 saturated heterocycles. The zero-order chi connectivity index (χ0) is 17.1. The van der Waals surface area contributed by atoms with Crippen LogP contribution >= 0.6 is 0 Å². The summed E-state index contributed by atoms with van der Waals surface area (Å²) in [6.45, 7) is 2.94. The predicted octanol–water partition coefficient (Wildman–Crippen LogP) is 2.21. The van der Waals surface area contributed by atoms with E-state index in [0.717, 1.165) is 24.2 Å². The molecule has 2 heterocycles. The van der Waals surface area contributed by atoms with Crippen LogP contribution in [0.2, 0.25) is 0 Å². The Morgan fingerprint density at radius 3 is 2.71 bits per heavy atom. The number of aromatic nitrogens is 2. The van der Waals surface area contributed by atoms with E-state index in [-0.39, 0.29) is 17.8 Å². The number of para-hydroxylation sites is 1. The van der Waals surface area contributed by atoms with Crippen LogP contribution in [0.25, 0.3) is 5.69 Å². The van der Waals surface area contributed by atoms with Gasteiger partial charge in [0.1, 0.15) is 0 Å². The molecule has 1 atom stereocenters. The summed E-state index contributed by atoms with van der Waals surface area (Å²) >= 11 is 0. The van der Waals surface area contributed by atoms with E-state index in [1.165, 1.54) is 7.11 Å². The minimum Gasteiger partial charge on any atom is -0.469 e. The zero-order valence-corrected chi connectivity index (χ0v) is 13.9. The van der Waals surface area contributed by atoms with Gasteiger partial charge in [-0.05, 0) is 31.9 Å². The fourth-order valence-corrected chi connectivity index (χ4v) is 3.14. The van der Waals surface area contributed by atoms with Crippen LogP contribution < -0.4 is 0 Å². The molecule has 1 fully saturated rings. The number of likely N-dealkylation sites (tertiary alicyclic amines) is 1. The summed E-state index contributed by atoms with van der Waals surface area (Å²) in [6, 6.07) is 9.70. The molecule has 0 saturated carbocycles. The van der Waals surface area contributed by atoms with E-state index in [1.807, 2.05) is 37.3 Å². The van der Waals surface area contributed by atoms with Crippen molar-refractivity contribution in [2.75, 3.05) is 20.2 Å². The van der Waals surface area contributed by atoms with Gasteiger partial charge < -0.3 is 9.64 Å². The van der Waals surface area contributed by atoms with Gasteiger partial charge in [-0.1, -0.05) is 18.2 Å². The van der Waals surface area contributed by atoms with Gasteiger partial charge in [0, 0.05) is 13.1 Å². The summed E-state index contributed by atoms with van der Waals surface area (Å²) in [5, 5.41) is 4.35. The highest BCUT2D eigenvalue weighted by Gasteiger charge is 2.30. The van der Waals surface area contributed by atoms with Crippen LogP contribution in [0.1, 0.15) is 28.9 Å². The van der Waals surface area contributed by atoms with Crippen molar-refractivity contribution < 1.29 is 14.3 Å². The topological polar surface area (TPSA) is 64.4 Å². The van der Waals surface area contributed by atoms with E-state index in [9.17, 15) is 9.59 Å². The lowest BCUT2D eigenvalue weighted by Crippen LogP contribution is -2.42. The minimum atomic E-state index is -0.246. The summed E-state index contributed by atoms with van der Waals surface area (Å²) < 4.78 is 6.57. The number of hydrogen-bond acceptors (Lipinski definition) is 4. The summed E-state index contributed by atoms with van der Waals surface area (Å²) in [5.74, 6) is -0.565. The maximum absolute atomic E-state index is 12.8. The number of rotatable bonds is 3. The number of benzene rings is 1. The van der Waals surface area contributed by atoms with Crippen molar-refractivity contribution >= 4 is 11.9 Å². The number of carbonyl (C=O) groups is 2. The lowest BCUT2D eigenvalue weighted by molar-refractivity contribution is -0.146. The molecule has 6 heteroatoms. The first-order chi connectivity index (χ1) is 11.6. The second kappa shape index (κ2) is 6.86. The Labute approximate surface area is 141 Å². The molecular formula is C18H21N3O3. The van der Waals surface area contributed by atoms with Gasteiger partial charge in [0.15, 0.2) is 0 Å². The average Bonchev–Trinajstić information content (AvgIpc) is 3.02. The van der Waals surface area contributed by atoms with E-state index in [2.05, 4.69) is 5.10 Å². The summed E-state index contributed by atoms with van der Waals surface area (Å²) in [6.07, 6.45) is 3.17. The highest BCUT2D eigenvalue weighted by molar-refractivity contribution is 5.95. The SMILES string of the molecule is COC(=O)C1CCCN(C(=O)c2cnn(-c3ccccc3)c2C)C1. The molecule has 0 aliphatic carbocycles. The normalized spacial score (nSPS) is 17.6. The highest BCUT2D eigenvalue weighted by atomic mass is 16.5. The first kappa shape index (κ1) is 16.2. The minimum absolute atomic E-state index is 0.0803. The van der Waals surface area contributed by atoms with Crippen LogP contribution in [0.4, 0.5) is 0 Å². The number of piperidine rings is 1. The van der Waals surface area contributed by atoms with Crippen molar-refractivity contribution in [3.05, 3.63) is 47.8 Å². The Morgan fingerprint density at radius 2 is 2.00 bits per heavy atom. The summed E-state index contributed by atoms with van der Waals surface area (Å²) in [7, 11) is 1.39. The lowest BCUT2D eigenvalue weighted by Gasteiger charge is -2.31. The van der Waals surface area contributed by atoms with E-state index >= 15 is 0 Å². The number of esters is 1. The summed E-state index contributed by atoms with van der Waals surface area (Å²) in [4.78, 5) is 26.3. The van der Waals surface area contributed by atoms with Gasteiger partial charge in [-0.25, -0.2) is 4.68 Å². The van der Waals surface area contributed by atoms with Gasteiger partial charge in [0.2, 0.25) is 0 Å². The summed E-state index contributed by atoms with van der Waals surface area (Å²) in [5.41, 5.74) is 2.29. The smallest absolute Gasteiger partial charge is 0.310 e. The molecule has 1 aliphatic heterocycles. The third-order valence-corrected chi connectivity index (χ3v) is 4.48. The number of methoxy groups -OCH3 is 1.